The van der Waals surface area contributed by atoms with Crippen LogP contribution in [0.3, 0.4) is 0 Å². The van der Waals surface area contributed by atoms with Crippen molar-refractivity contribution in [2.45, 2.75) is 26.1 Å². The van der Waals surface area contributed by atoms with Crippen LogP contribution in [0.2, 0.25) is 0 Å². The molecule has 0 bridgehead atoms. The predicted molar refractivity (Wildman–Crippen MR) is 83.5 cm³/mol. The van der Waals surface area contributed by atoms with Crippen LogP contribution in [0.25, 0.3) is 0 Å². The second kappa shape index (κ2) is 9.50. The van der Waals surface area contributed by atoms with Crippen LogP contribution in [0.4, 0.5) is 0 Å². The zero-order chi connectivity index (χ0) is 16.5. The lowest BCUT2D eigenvalue weighted by Crippen LogP contribution is -2.12. The van der Waals surface area contributed by atoms with Crippen molar-refractivity contribution in [3.05, 3.63) is 29.8 Å². The van der Waals surface area contributed by atoms with E-state index < -0.39 is 6.10 Å². The van der Waals surface area contributed by atoms with E-state index in [9.17, 15) is 4.79 Å². The number of epoxide rings is 1. The molecule has 1 saturated heterocycles. The second-order valence-electron chi connectivity index (χ2n) is 4.96. The fourth-order valence-corrected chi connectivity index (χ4v) is 2.11. The standard InChI is InChI=1S/C17H24O6/c1-3-19-9-10-20-11-12-22-14-7-5-13(6-8-14)15-16(23-15)17(18)21-4-2/h5-8,15-16H,3-4,9-12H2,1-2H3/t15-,16+/m1/s1. The van der Waals surface area contributed by atoms with E-state index in [1.165, 1.54) is 0 Å². The first-order valence-electron chi connectivity index (χ1n) is 7.96. The highest BCUT2D eigenvalue weighted by Crippen LogP contribution is 2.39. The Morgan fingerprint density at radius 2 is 1.70 bits per heavy atom. The lowest BCUT2D eigenvalue weighted by Gasteiger charge is -2.07. The largest absolute Gasteiger partial charge is 0.491 e. The van der Waals surface area contributed by atoms with Crippen LogP contribution in [0.15, 0.2) is 24.3 Å². The number of benzene rings is 1. The summed E-state index contributed by atoms with van der Waals surface area (Å²) in [4.78, 5) is 11.5. The van der Waals surface area contributed by atoms with Gasteiger partial charge in [-0.15, -0.1) is 0 Å². The summed E-state index contributed by atoms with van der Waals surface area (Å²) in [5.74, 6) is 0.456. The minimum absolute atomic E-state index is 0.204. The fourth-order valence-electron chi connectivity index (χ4n) is 2.11. The molecule has 128 valence electrons. The van der Waals surface area contributed by atoms with Crippen molar-refractivity contribution in [3.63, 3.8) is 0 Å². The summed E-state index contributed by atoms with van der Waals surface area (Å²) in [6.45, 7) is 6.98. The minimum Gasteiger partial charge on any atom is -0.491 e. The van der Waals surface area contributed by atoms with Crippen LogP contribution in [0, 0.1) is 0 Å². The smallest absolute Gasteiger partial charge is 0.338 e. The van der Waals surface area contributed by atoms with E-state index in [1.807, 2.05) is 31.2 Å². The lowest BCUT2D eigenvalue weighted by molar-refractivity contribution is -0.144. The fraction of sp³-hybridized carbons (Fsp3) is 0.588. The van der Waals surface area contributed by atoms with Crippen molar-refractivity contribution in [3.8, 4) is 5.75 Å². The molecule has 23 heavy (non-hydrogen) atoms. The Morgan fingerprint density at radius 1 is 1.00 bits per heavy atom. The molecule has 2 rings (SSSR count). The topological polar surface area (TPSA) is 66.5 Å². The summed E-state index contributed by atoms with van der Waals surface area (Å²) in [5.41, 5.74) is 0.948. The number of hydrogen-bond acceptors (Lipinski definition) is 6. The van der Waals surface area contributed by atoms with Gasteiger partial charge in [-0.25, -0.2) is 4.79 Å². The number of hydrogen-bond donors (Lipinski definition) is 0. The van der Waals surface area contributed by atoms with Gasteiger partial charge in [-0.05, 0) is 31.5 Å². The van der Waals surface area contributed by atoms with Gasteiger partial charge in [-0.3, -0.25) is 0 Å². The van der Waals surface area contributed by atoms with Crippen molar-refractivity contribution in [1.29, 1.82) is 0 Å². The van der Waals surface area contributed by atoms with E-state index in [0.29, 0.717) is 39.6 Å². The number of ether oxygens (including phenoxy) is 5. The van der Waals surface area contributed by atoms with Crippen LogP contribution >= 0.6 is 0 Å². The Bertz CT molecular complexity index is 472. The molecule has 0 saturated carbocycles. The SMILES string of the molecule is CCOCCOCCOc1ccc([C@H]2O[C@@H]2C(=O)OCC)cc1. The summed E-state index contributed by atoms with van der Waals surface area (Å²) >= 11 is 0. The van der Waals surface area contributed by atoms with Crippen molar-refractivity contribution < 1.29 is 28.5 Å². The molecule has 0 amide bonds. The molecule has 0 N–H and O–H groups in total. The Hall–Kier alpha value is -1.63. The monoisotopic (exact) mass is 324 g/mol. The molecule has 1 aliphatic heterocycles. The van der Waals surface area contributed by atoms with Crippen LogP contribution < -0.4 is 4.74 Å². The normalized spacial score (nSPS) is 19.4. The highest BCUT2D eigenvalue weighted by molar-refractivity contribution is 5.78. The molecule has 0 aromatic heterocycles. The molecule has 2 atom stereocenters. The average Bonchev–Trinajstić information content (AvgIpc) is 3.36. The minimum atomic E-state index is -0.472. The Morgan fingerprint density at radius 3 is 2.39 bits per heavy atom. The van der Waals surface area contributed by atoms with Gasteiger partial charge in [-0.2, -0.15) is 0 Å². The van der Waals surface area contributed by atoms with E-state index in [0.717, 1.165) is 11.3 Å². The number of esters is 1. The maximum absolute atomic E-state index is 11.5. The number of rotatable bonds is 11. The summed E-state index contributed by atoms with van der Waals surface area (Å²) < 4.78 is 26.4. The molecular weight excluding hydrogens is 300 g/mol. The van der Waals surface area contributed by atoms with E-state index in [-0.39, 0.29) is 12.1 Å². The zero-order valence-electron chi connectivity index (χ0n) is 13.7. The van der Waals surface area contributed by atoms with Gasteiger partial charge in [0.2, 0.25) is 0 Å². The molecule has 0 aliphatic carbocycles. The Kier molecular flexibility index (Phi) is 7.32. The molecule has 0 radical (unpaired) electrons. The van der Waals surface area contributed by atoms with Crippen LogP contribution in [-0.2, 0) is 23.7 Å². The summed E-state index contributed by atoms with van der Waals surface area (Å²) in [6.07, 6.45) is -0.676. The van der Waals surface area contributed by atoms with E-state index in [4.69, 9.17) is 23.7 Å². The summed E-state index contributed by atoms with van der Waals surface area (Å²) in [6, 6.07) is 7.52. The van der Waals surface area contributed by atoms with Gasteiger partial charge in [0.05, 0.1) is 26.4 Å². The Labute approximate surface area is 136 Å². The molecule has 0 unspecified atom stereocenters. The second-order valence-corrected chi connectivity index (χ2v) is 4.96. The molecule has 1 aliphatic rings. The highest BCUT2D eigenvalue weighted by atomic mass is 16.6. The van der Waals surface area contributed by atoms with Crippen molar-refractivity contribution in [1.82, 2.24) is 0 Å². The summed E-state index contributed by atoms with van der Waals surface area (Å²) in [7, 11) is 0. The van der Waals surface area contributed by atoms with Gasteiger partial charge in [0.25, 0.3) is 0 Å². The van der Waals surface area contributed by atoms with Gasteiger partial charge in [0.1, 0.15) is 18.5 Å². The quantitative estimate of drug-likeness (QED) is 0.353. The third-order valence-electron chi connectivity index (χ3n) is 3.29. The summed E-state index contributed by atoms with van der Waals surface area (Å²) in [5, 5.41) is 0. The van der Waals surface area contributed by atoms with E-state index in [2.05, 4.69) is 0 Å². The maximum atomic E-state index is 11.5. The molecule has 1 aromatic rings. The van der Waals surface area contributed by atoms with Crippen molar-refractivity contribution in [2.24, 2.45) is 0 Å². The van der Waals surface area contributed by atoms with Crippen molar-refractivity contribution >= 4 is 5.97 Å². The van der Waals surface area contributed by atoms with Crippen LogP contribution in [0.1, 0.15) is 25.5 Å². The van der Waals surface area contributed by atoms with Gasteiger partial charge >= 0.3 is 5.97 Å². The third-order valence-corrected chi connectivity index (χ3v) is 3.29. The van der Waals surface area contributed by atoms with Gasteiger partial charge in [0, 0.05) is 6.61 Å². The molecule has 6 heteroatoms. The average molecular weight is 324 g/mol. The molecule has 6 nitrogen and oxygen atoms in total. The van der Waals surface area contributed by atoms with Crippen LogP contribution in [-0.4, -0.2) is 51.7 Å². The maximum Gasteiger partial charge on any atom is 0.338 e. The van der Waals surface area contributed by atoms with E-state index >= 15 is 0 Å². The predicted octanol–water partition coefficient (Wildman–Crippen LogP) is 2.12. The van der Waals surface area contributed by atoms with Gasteiger partial charge < -0.3 is 23.7 Å². The first-order chi connectivity index (χ1) is 11.3. The van der Waals surface area contributed by atoms with Gasteiger partial charge in [-0.1, -0.05) is 12.1 Å². The van der Waals surface area contributed by atoms with Crippen molar-refractivity contribution in [2.75, 3.05) is 39.6 Å². The van der Waals surface area contributed by atoms with Crippen LogP contribution in [0.5, 0.6) is 5.75 Å². The molecular formula is C17H24O6. The first-order valence-corrected chi connectivity index (χ1v) is 7.96. The molecule has 0 spiro atoms. The van der Waals surface area contributed by atoms with E-state index in [1.54, 1.807) is 6.92 Å². The first kappa shape index (κ1) is 17.7. The van der Waals surface area contributed by atoms with Gasteiger partial charge in [0.15, 0.2) is 6.10 Å². The Balaban J connectivity index is 1.64. The molecule has 1 aromatic carbocycles. The molecule has 1 heterocycles. The number of carbonyl (C=O) groups excluding carboxylic acids is 1. The zero-order valence-corrected chi connectivity index (χ0v) is 13.7. The lowest BCUT2D eigenvalue weighted by atomic mass is 10.1. The number of carbonyl (C=O) groups is 1. The molecule has 1 fully saturated rings. The highest BCUT2D eigenvalue weighted by Gasteiger charge is 2.47. The third kappa shape index (κ3) is 5.82.